The average molecular weight is 249 g/mol. The molecule has 0 saturated heterocycles. The van der Waals surface area contributed by atoms with Crippen LogP contribution in [-0.4, -0.2) is 9.78 Å². The first kappa shape index (κ1) is 12.3. The number of hydrogen-bond donors (Lipinski definition) is 1. The minimum Gasteiger partial charge on any atom is -0.305 e. The lowest BCUT2D eigenvalue weighted by atomic mass is 10.2. The van der Waals surface area contributed by atoms with Gasteiger partial charge >= 0.3 is 0 Å². The van der Waals surface area contributed by atoms with Gasteiger partial charge in [0.2, 0.25) is 0 Å². The quantitative estimate of drug-likeness (QED) is 0.882. The highest BCUT2D eigenvalue weighted by Gasteiger charge is 2.08. The second kappa shape index (κ2) is 5.47. The Kier molecular flexibility index (Phi) is 3.97. The first-order valence-corrected chi connectivity index (χ1v) is 6.87. The molecule has 92 valence electrons. The molecule has 1 atom stereocenters. The molecular weight excluding hydrogens is 230 g/mol. The molecule has 2 rings (SSSR count). The Hall–Kier alpha value is -1.13. The van der Waals surface area contributed by atoms with Gasteiger partial charge in [0.1, 0.15) is 0 Å². The van der Waals surface area contributed by atoms with Crippen molar-refractivity contribution in [2.45, 2.75) is 39.9 Å². The topological polar surface area (TPSA) is 29.9 Å². The van der Waals surface area contributed by atoms with Gasteiger partial charge < -0.3 is 5.32 Å². The van der Waals surface area contributed by atoms with Crippen molar-refractivity contribution in [3.63, 3.8) is 0 Å². The summed E-state index contributed by atoms with van der Waals surface area (Å²) in [5.41, 5.74) is 2.63. The van der Waals surface area contributed by atoms with Crippen LogP contribution in [0.3, 0.4) is 0 Å². The lowest BCUT2D eigenvalue weighted by Crippen LogP contribution is -2.17. The SMILES string of the molecule is CCn1cc(C(C)NCc2sccc2C)cn1. The van der Waals surface area contributed by atoms with Crippen molar-refractivity contribution >= 4 is 11.3 Å². The number of rotatable bonds is 5. The summed E-state index contributed by atoms with van der Waals surface area (Å²) in [6, 6.07) is 2.51. The van der Waals surface area contributed by atoms with Gasteiger partial charge in [-0.15, -0.1) is 11.3 Å². The molecule has 2 aromatic rings. The van der Waals surface area contributed by atoms with E-state index in [1.54, 1.807) is 0 Å². The van der Waals surface area contributed by atoms with Crippen molar-refractivity contribution in [3.05, 3.63) is 39.8 Å². The molecule has 0 aromatic carbocycles. The summed E-state index contributed by atoms with van der Waals surface area (Å²) in [6.45, 7) is 8.30. The number of nitrogens with zero attached hydrogens (tertiary/aromatic N) is 2. The number of nitrogens with one attached hydrogen (secondary N) is 1. The third-order valence-electron chi connectivity index (χ3n) is 3.01. The maximum atomic E-state index is 4.30. The molecule has 0 fully saturated rings. The van der Waals surface area contributed by atoms with Gasteiger partial charge in [-0.05, 0) is 37.8 Å². The summed E-state index contributed by atoms with van der Waals surface area (Å²) in [6.07, 6.45) is 4.06. The molecule has 0 aliphatic carbocycles. The lowest BCUT2D eigenvalue weighted by molar-refractivity contribution is 0.576. The van der Waals surface area contributed by atoms with Crippen LogP contribution in [0.25, 0.3) is 0 Å². The molecule has 3 nitrogen and oxygen atoms in total. The van der Waals surface area contributed by atoms with Crippen LogP contribution in [-0.2, 0) is 13.1 Å². The van der Waals surface area contributed by atoms with E-state index in [0.29, 0.717) is 6.04 Å². The summed E-state index contributed by atoms with van der Waals surface area (Å²) in [5, 5.41) is 9.98. The maximum absolute atomic E-state index is 4.30. The van der Waals surface area contributed by atoms with Crippen molar-refractivity contribution in [2.24, 2.45) is 0 Å². The Morgan fingerprint density at radius 3 is 2.94 bits per heavy atom. The predicted octanol–water partition coefficient (Wildman–Crippen LogP) is 3.12. The molecule has 0 bridgehead atoms. The van der Waals surface area contributed by atoms with Crippen LogP contribution in [0.5, 0.6) is 0 Å². The molecule has 0 saturated carbocycles. The van der Waals surface area contributed by atoms with Crippen molar-refractivity contribution in [1.82, 2.24) is 15.1 Å². The van der Waals surface area contributed by atoms with E-state index in [1.165, 1.54) is 16.0 Å². The van der Waals surface area contributed by atoms with Crippen LogP contribution in [0.15, 0.2) is 23.8 Å². The molecular formula is C13H19N3S. The van der Waals surface area contributed by atoms with Gasteiger partial charge in [0, 0.05) is 35.8 Å². The molecule has 0 aliphatic rings. The van der Waals surface area contributed by atoms with E-state index >= 15 is 0 Å². The largest absolute Gasteiger partial charge is 0.305 e. The second-order valence-electron chi connectivity index (χ2n) is 4.26. The van der Waals surface area contributed by atoms with Gasteiger partial charge in [-0.3, -0.25) is 4.68 Å². The lowest BCUT2D eigenvalue weighted by Gasteiger charge is -2.11. The van der Waals surface area contributed by atoms with Gasteiger partial charge in [0.15, 0.2) is 0 Å². The molecule has 2 aromatic heterocycles. The molecule has 1 N–H and O–H groups in total. The fourth-order valence-electron chi connectivity index (χ4n) is 1.72. The highest BCUT2D eigenvalue weighted by molar-refractivity contribution is 7.10. The van der Waals surface area contributed by atoms with E-state index in [0.717, 1.165) is 13.1 Å². The first-order chi connectivity index (χ1) is 8.20. The smallest absolute Gasteiger partial charge is 0.0537 e. The summed E-state index contributed by atoms with van der Waals surface area (Å²) in [5.74, 6) is 0. The predicted molar refractivity (Wildman–Crippen MR) is 72.2 cm³/mol. The Balaban J connectivity index is 1.93. The van der Waals surface area contributed by atoms with Gasteiger partial charge in [0.05, 0.1) is 6.20 Å². The Morgan fingerprint density at radius 2 is 2.35 bits per heavy atom. The zero-order chi connectivity index (χ0) is 12.3. The fourth-order valence-corrected chi connectivity index (χ4v) is 2.58. The Labute approximate surface area is 106 Å². The summed E-state index contributed by atoms with van der Waals surface area (Å²) >= 11 is 1.81. The molecule has 0 spiro atoms. The first-order valence-electron chi connectivity index (χ1n) is 5.99. The molecule has 0 aliphatic heterocycles. The Morgan fingerprint density at radius 1 is 1.53 bits per heavy atom. The number of hydrogen-bond acceptors (Lipinski definition) is 3. The van der Waals surface area contributed by atoms with Crippen LogP contribution < -0.4 is 5.32 Å². The van der Waals surface area contributed by atoms with Crippen LogP contribution in [0.4, 0.5) is 0 Å². The van der Waals surface area contributed by atoms with Gasteiger partial charge in [-0.25, -0.2) is 0 Å². The molecule has 17 heavy (non-hydrogen) atoms. The van der Waals surface area contributed by atoms with Crippen LogP contribution in [0, 0.1) is 6.92 Å². The van der Waals surface area contributed by atoms with E-state index in [4.69, 9.17) is 0 Å². The summed E-state index contributed by atoms with van der Waals surface area (Å²) in [4.78, 5) is 1.42. The monoisotopic (exact) mass is 249 g/mol. The second-order valence-corrected chi connectivity index (χ2v) is 5.26. The Bertz CT molecular complexity index is 472. The van der Waals surface area contributed by atoms with Crippen molar-refractivity contribution in [3.8, 4) is 0 Å². The third-order valence-corrected chi connectivity index (χ3v) is 4.04. The third kappa shape index (κ3) is 2.96. The van der Waals surface area contributed by atoms with E-state index in [9.17, 15) is 0 Å². The number of aromatic nitrogens is 2. The average Bonchev–Trinajstić information content (AvgIpc) is 2.94. The van der Waals surface area contributed by atoms with Crippen molar-refractivity contribution in [2.75, 3.05) is 0 Å². The standard InChI is InChI=1S/C13H19N3S/c1-4-16-9-12(7-15-16)11(3)14-8-13-10(2)5-6-17-13/h5-7,9,11,14H,4,8H2,1-3H3. The number of aryl methyl sites for hydroxylation is 2. The van der Waals surface area contributed by atoms with Crippen molar-refractivity contribution < 1.29 is 0 Å². The number of thiophene rings is 1. The van der Waals surface area contributed by atoms with E-state index in [1.807, 2.05) is 22.2 Å². The van der Waals surface area contributed by atoms with Crippen LogP contribution >= 0.6 is 11.3 Å². The van der Waals surface area contributed by atoms with E-state index in [2.05, 4.69) is 48.8 Å². The highest BCUT2D eigenvalue weighted by atomic mass is 32.1. The zero-order valence-corrected chi connectivity index (χ0v) is 11.4. The molecule has 1 unspecified atom stereocenters. The van der Waals surface area contributed by atoms with Crippen LogP contribution in [0.2, 0.25) is 0 Å². The normalized spacial score (nSPS) is 12.9. The zero-order valence-electron chi connectivity index (χ0n) is 10.6. The fraction of sp³-hybridized carbons (Fsp3) is 0.462. The maximum Gasteiger partial charge on any atom is 0.0537 e. The van der Waals surface area contributed by atoms with E-state index in [-0.39, 0.29) is 0 Å². The minimum absolute atomic E-state index is 0.344. The summed E-state index contributed by atoms with van der Waals surface area (Å²) < 4.78 is 1.96. The molecule has 2 heterocycles. The highest BCUT2D eigenvalue weighted by Crippen LogP contribution is 2.17. The molecule has 0 radical (unpaired) electrons. The van der Waals surface area contributed by atoms with Gasteiger partial charge in [-0.2, -0.15) is 5.10 Å². The van der Waals surface area contributed by atoms with Gasteiger partial charge in [0.25, 0.3) is 0 Å². The van der Waals surface area contributed by atoms with Gasteiger partial charge in [-0.1, -0.05) is 0 Å². The molecule has 0 amide bonds. The van der Waals surface area contributed by atoms with Crippen LogP contribution in [0.1, 0.15) is 35.9 Å². The summed E-state index contributed by atoms with van der Waals surface area (Å²) in [7, 11) is 0. The van der Waals surface area contributed by atoms with Crippen molar-refractivity contribution in [1.29, 1.82) is 0 Å². The minimum atomic E-state index is 0.344. The molecule has 4 heteroatoms. The van der Waals surface area contributed by atoms with E-state index < -0.39 is 0 Å².